The molecular formula is C17H25ClN2O. The highest BCUT2D eigenvalue weighted by molar-refractivity contribution is 5.85. The van der Waals surface area contributed by atoms with Crippen molar-refractivity contribution in [3.05, 3.63) is 35.4 Å². The van der Waals surface area contributed by atoms with E-state index in [2.05, 4.69) is 41.4 Å². The van der Waals surface area contributed by atoms with Gasteiger partial charge in [-0.3, -0.25) is 4.79 Å². The van der Waals surface area contributed by atoms with E-state index in [0.717, 1.165) is 51.9 Å². The molecule has 2 aliphatic heterocycles. The number of halogens is 1. The smallest absolute Gasteiger partial charge is 0.229 e. The summed E-state index contributed by atoms with van der Waals surface area (Å²) in [4.78, 5) is 15.0. The van der Waals surface area contributed by atoms with Gasteiger partial charge in [-0.2, -0.15) is 0 Å². The highest BCUT2D eigenvalue weighted by atomic mass is 35.5. The molecule has 1 amide bonds. The van der Waals surface area contributed by atoms with Crippen molar-refractivity contribution in [2.45, 2.75) is 39.2 Å². The van der Waals surface area contributed by atoms with Gasteiger partial charge in [0.25, 0.3) is 0 Å². The molecule has 4 heteroatoms. The molecule has 0 atom stereocenters. The predicted octanol–water partition coefficient (Wildman–Crippen LogP) is 2.91. The molecule has 0 aromatic heterocycles. The molecular weight excluding hydrogens is 284 g/mol. The Balaban J connectivity index is 0.00000161. The van der Waals surface area contributed by atoms with Gasteiger partial charge in [-0.05, 0) is 51.3 Å². The lowest BCUT2D eigenvalue weighted by molar-refractivity contribution is -0.149. The van der Waals surface area contributed by atoms with Crippen LogP contribution in [-0.2, 0) is 11.3 Å². The van der Waals surface area contributed by atoms with Crippen LogP contribution in [0.5, 0.6) is 0 Å². The lowest BCUT2D eigenvalue weighted by atomic mass is 9.72. The van der Waals surface area contributed by atoms with Crippen LogP contribution in [0.15, 0.2) is 24.3 Å². The number of nitrogens with one attached hydrogen (secondary N) is 1. The van der Waals surface area contributed by atoms with Gasteiger partial charge in [0, 0.05) is 13.1 Å². The molecule has 1 aromatic rings. The van der Waals surface area contributed by atoms with Crippen LogP contribution in [0.2, 0.25) is 0 Å². The molecule has 0 radical (unpaired) electrons. The zero-order chi connectivity index (χ0) is 14.0. The maximum absolute atomic E-state index is 12.9. The monoisotopic (exact) mass is 308 g/mol. The molecule has 3 rings (SSSR count). The highest BCUT2D eigenvalue weighted by Gasteiger charge is 2.44. The number of carbonyl (C=O) groups is 1. The van der Waals surface area contributed by atoms with E-state index < -0.39 is 0 Å². The molecule has 1 spiro atoms. The molecule has 0 unspecified atom stereocenters. The summed E-state index contributed by atoms with van der Waals surface area (Å²) < 4.78 is 0. The number of likely N-dealkylation sites (tertiary alicyclic amines) is 1. The van der Waals surface area contributed by atoms with Crippen molar-refractivity contribution >= 4 is 18.3 Å². The molecule has 1 N–H and O–H groups in total. The molecule has 116 valence electrons. The van der Waals surface area contributed by atoms with Crippen LogP contribution in [-0.4, -0.2) is 30.4 Å². The minimum absolute atomic E-state index is 0. The van der Waals surface area contributed by atoms with Crippen LogP contribution in [0.3, 0.4) is 0 Å². The van der Waals surface area contributed by atoms with Crippen molar-refractivity contribution in [1.29, 1.82) is 0 Å². The third-order valence-electron chi connectivity index (χ3n) is 4.84. The van der Waals surface area contributed by atoms with Crippen molar-refractivity contribution in [1.82, 2.24) is 10.2 Å². The highest BCUT2D eigenvalue weighted by Crippen LogP contribution is 2.39. The number of aryl methyl sites for hydroxylation is 1. The summed E-state index contributed by atoms with van der Waals surface area (Å²) in [5, 5.41) is 3.38. The van der Waals surface area contributed by atoms with Gasteiger partial charge in [0.2, 0.25) is 5.91 Å². The van der Waals surface area contributed by atoms with E-state index in [9.17, 15) is 4.79 Å². The molecule has 3 nitrogen and oxygen atoms in total. The van der Waals surface area contributed by atoms with Gasteiger partial charge in [-0.25, -0.2) is 0 Å². The number of piperidine rings is 2. The summed E-state index contributed by atoms with van der Waals surface area (Å²) in [6.07, 6.45) is 4.25. The van der Waals surface area contributed by atoms with Crippen LogP contribution in [0.4, 0.5) is 0 Å². The Labute approximate surface area is 133 Å². The largest absolute Gasteiger partial charge is 0.338 e. The van der Waals surface area contributed by atoms with Crippen molar-refractivity contribution in [3.63, 3.8) is 0 Å². The number of hydrogen-bond donors (Lipinski definition) is 1. The fourth-order valence-electron chi connectivity index (χ4n) is 3.70. The lowest BCUT2D eigenvalue weighted by Crippen LogP contribution is -2.52. The fourth-order valence-corrected chi connectivity index (χ4v) is 3.70. The second-order valence-electron chi connectivity index (χ2n) is 6.35. The van der Waals surface area contributed by atoms with Gasteiger partial charge in [0.15, 0.2) is 0 Å². The number of amides is 1. The van der Waals surface area contributed by atoms with Crippen LogP contribution in [0, 0.1) is 12.3 Å². The van der Waals surface area contributed by atoms with Crippen molar-refractivity contribution in [3.8, 4) is 0 Å². The molecule has 0 aliphatic carbocycles. The molecule has 21 heavy (non-hydrogen) atoms. The number of hydrogen-bond acceptors (Lipinski definition) is 2. The zero-order valence-electron chi connectivity index (χ0n) is 12.7. The average molecular weight is 309 g/mol. The summed E-state index contributed by atoms with van der Waals surface area (Å²) in [6, 6.07) is 8.51. The molecule has 2 fully saturated rings. The Morgan fingerprint density at radius 1 is 1.24 bits per heavy atom. The first-order chi connectivity index (χ1) is 9.70. The van der Waals surface area contributed by atoms with Crippen LogP contribution < -0.4 is 5.32 Å². The van der Waals surface area contributed by atoms with E-state index in [1.165, 1.54) is 11.1 Å². The number of benzene rings is 1. The third-order valence-corrected chi connectivity index (χ3v) is 4.84. The third kappa shape index (κ3) is 3.41. The van der Waals surface area contributed by atoms with Gasteiger partial charge < -0.3 is 10.2 Å². The Morgan fingerprint density at radius 3 is 2.71 bits per heavy atom. The summed E-state index contributed by atoms with van der Waals surface area (Å²) in [6.45, 7) is 5.78. The van der Waals surface area contributed by atoms with E-state index in [4.69, 9.17) is 0 Å². The molecule has 0 saturated carbocycles. The maximum Gasteiger partial charge on any atom is 0.229 e. The van der Waals surface area contributed by atoms with Gasteiger partial charge in [-0.15, -0.1) is 12.4 Å². The number of nitrogens with zero attached hydrogens (tertiary/aromatic N) is 1. The quantitative estimate of drug-likeness (QED) is 0.911. The van der Waals surface area contributed by atoms with Crippen molar-refractivity contribution < 1.29 is 4.79 Å². The predicted molar refractivity (Wildman–Crippen MR) is 87.6 cm³/mol. The first kappa shape index (κ1) is 16.3. The molecule has 2 aliphatic rings. The van der Waals surface area contributed by atoms with Crippen molar-refractivity contribution in [2.75, 3.05) is 19.6 Å². The maximum atomic E-state index is 12.9. The van der Waals surface area contributed by atoms with E-state index in [1.54, 1.807) is 0 Å². The van der Waals surface area contributed by atoms with E-state index >= 15 is 0 Å². The summed E-state index contributed by atoms with van der Waals surface area (Å²) in [5.41, 5.74) is 2.46. The van der Waals surface area contributed by atoms with E-state index in [-0.39, 0.29) is 17.8 Å². The van der Waals surface area contributed by atoms with Crippen LogP contribution >= 0.6 is 12.4 Å². The van der Waals surface area contributed by atoms with Gasteiger partial charge >= 0.3 is 0 Å². The summed E-state index contributed by atoms with van der Waals surface area (Å²) in [7, 11) is 0. The summed E-state index contributed by atoms with van der Waals surface area (Å²) in [5.74, 6) is 0.395. The first-order valence-electron chi connectivity index (χ1n) is 7.75. The minimum Gasteiger partial charge on any atom is -0.338 e. The fraction of sp³-hybridized carbons (Fsp3) is 0.588. The SMILES string of the molecule is Cc1cccc(CN2CCCC3(CCNCC3)C2=O)c1.Cl. The topological polar surface area (TPSA) is 32.3 Å². The minimum atomic E-state index is -0.0622. The second kappa shape index (κ2) is 6.80. The van der Waals surface area contributed by atoms with Crippen molar-refractivity contribution in [2.24, 2.45) is 5.41 Å². The standard InChI is InChI=1S/C17H24N2O.ClH/c1-14-4-2-5-15(12-14)13-19-11-3-6-17(16(19)20)7-9-18-10-8-17;/h2,4-5,12,18H,3,6-11,13H2,1H3;1H. The van der Waals surface area contributed by atoms with E-state index in [0.29, 0.717) is 5.91 Å². The normalized spacial score (nSPS) is 21.2. The Morgan fingerprint density at radius 2 is 2.00 bits per heavy atom. The van der Waals surface area contributed by atoms with Gasteiger partial charge in [0.1, 0.15) is 0 Å². The Bertz CT molecular complexity index is 492. The second-order valence-corrected chi connectivity index (χ2v) is 6.35. The Kier molecular flexibility index (Phi) is 5.28. The number of rotatable bonds is 2. The van der Waals surface area contributed by atoms with Gasteiger partial charge in [0.05, 0.1) is 5.41 Å². The molecule has 0 bridgehead atoms. The molecule has 2 saturated heterocycles. The van der Waals surface area contributed by atoms with Crippen LogP contribution in [0.25, 0.3) is 0 Å². The molecule has 2 heterocycles. The van der Waals surface area contributed by atoms with Gasteiger partial charge in [-0.1, -0.05) is 29.8 Å². The first-order valence-corrected chi connectivity index (χ1v) is 7.75. The summed E-state index contributed by atoms with van der Waals surface area (Å²) >= 11 is 0. The Hall–Kier alpha value is -1.06. The lowest BCUT2D eigenvalue weighted by Gasteiger charge is -2.44. The van der Waals surface area contributed by atoms with Crippen LogP contribution in [0.1, 0.15) is 36.8 Å². The zero-order valence-corrected chi connectivity index (χ0v) is 13.5. The average Bonchev–Trinajstić information content (AvgIpc) is 2.45. The molecule has 1 aromatic carbocycles. The number of carbonyl (C=O) groups excluding carboxylic acids is 1. The van der Waals surface area contributed by atoms with E-state index in [1.807, 2.05) is 0 Å².